The Bertz CT molecular complexity index is 444. The summed E-state index contributed by atoms with van der Waals surface area (Å²) in [6.45, 7) is 7.42. The molecule has 3 N–H and O–H groups in total. The van der Waals surface area contributed by atoms with Crippen molar-refractivity contribution >= 4 is 11.6 Å². The Morgan fingerprint density at radius 2 is 1.68 bits per heavy atom. The minimum atomic E-state index is -0.901. The van der Waals surface area contributed by atoms with E-state index in [0.717, 1.165) is 5.56 Å². The van der Waals surface area contributed by atoms with E-state index in [1.54, 1.807) is 37.9 Å². The fourth-order valence-corrected chi connectivity index (χ4v) is 2.15. The number of amides is 1. The fraction of sp³-hybridized carbons (Fsp3) is 0.533. The molecule has 0 heterocycles. The van der Waals surface area contributed by atoms with Gasteiger partial charge in [-0.25, -0.2) is 0 Å². The van der Waals surface area contributed by atoms with Crippen molar-refractivity contribution in [1.29, 1.82) is 0 Å². The number of nitrogens with two attached hydrogens (primary N) is 1. The number of hydrogen-bond donors (Lipinski definition) is 2. The van der Waals surface area contributed by atoms with Crippen LogP contribution in [0, 0.1) is 0 Å². The van der Waals surface area contributed by atoms with Crippen LogP contribution >= 0.6 is 0 Å². The second kappa shape index (κ2) is 5.21. The first-order valence-corrected chi connectivity index (χ1v) is 6.38. The third-order valence-electron chi connectivity index (χ3n) is 3.14. The molecule has 0 aliphatic heterocycles. The molecule has 0 aliphatic rings. The molecule has 0 radical (unpaired) electrons. The highest BCUT2D eigenvalue weighted by Gasteiger charge is 2.33. The van der Waals surface area contributed by atoms with E-state index < -0.39 is 11.0 Å². The predicted molar refractivity (Wildman–Crippen MR) is 77.8 cm³/mol. The first-order valence-electron chi connectivity index (χ1n) is 6.38. The SMILES string of the molecule is CN(CC(C)(C)O)C(=O)C(C)(C)c1ccc(N)cc1. The van der Waals surface area contributed by atoms with Gasteiger partial charge in [-0.15, -0.1) is 0 Å². The fourth-order valence-electron chi connectivity index (χ4n) is 2.15. The summed E-state index contributed by atoms with van der Waals surface area (Å²) < 4.78 is 0. The van der Waals surface area contributed by atoms with E-state index in [2.05, 4.69) is 0 Å². The molecule has 0 bridgehead atoms. The lowest BCUT2D eigenvalue weighted by molar-refractivity contribution is -0.137. The lowest BCUT2D eigenvalue weighted by Gasteiger charge is -2.33. The molecule has 1 rings (SSSR count). The molecule has 1 amide bonds. The van der Waals surface area contributed by atoms with Crippen LogP contribution in [-0.2, 0) is 10.2 Å². The van der Waals surface area contributed by atoms with Crippen molar-refractivity contribution in [2.75, 3.05) is 19.3 Å². The maximum atomic E-state index is 12.5. The molecule has 0 saturated carbocycles. The quantitative estimate of drug-likeness (QED) is 0.815. The van der Waals surface area contributed by atoms with Gasteiger partial charge in [0.15, 0.2) is 0 Å². The van der Waals surface area contributed by atoms with E-state index in [9.17, 15) is 9.90 Å². The number of nitrogen functional groups attached to an aromatic ring is 1. The summed E-state index contributed by atoms with van der Waals surface area (Å²) in [5.41, 5.74) is 5.70. The third kappa shape index (κ3) is 3.96. The zero-order valence-corrected chi connectivity index (χ0v) is 12.4. The molecule has 0 saturated heterocycles. The van der Waals surface area contributed by atoms with E-state index in [0.29, 0.717) is 12.2 Å². The largest absolute Gasteiger partial charge is 0.399 e. The summed E-state index contributed by atoms with van der Waals surface area (Å²) in [5.74, 6) is -0.0283. The Kier molecular flexibility index (Phi) is 4.25. The molecule has 4 nitrogen and oxygen atoms in total. The molecule has 106 valence electrons. The van der Waals surface area contributed by atoms with Crippen molar-refractivity contribution in [2.45, 2.75) is 38.7 Å². The second-order valence-corrected chi connectivity index (χ2v) is 6.22. The number of likely N-dealkylation sites (N-methyl/N-ethyl adjacent to an activating group) is 1. The molecular formula is C15H24N2O2. The van der Waals surface area contributed by atoms with E-state index in [-0.39, 0.29) is 5.91 Å². The van der Waals surface area contributed by atoms with Crippen molar-refractivity contribution in [2.24, 2.45) is 0 Å². The number of nitrogens with zero attached hydrogens (tertiary/aromatic N) is 1. The van der Waals surface area contributed by atoms with Crippen molar-refractivity contribution in [3.05, 3.63) is 29.8 Å². The average molecular weight is 264 g/mol. The van der Waals surface area contributed by atoms with E-state index in [4.69, 9.17) is 5.73 Å². The molecule has 0 spiro atoms. The van der Waals surface area contributed by atoms with E-state index in [1.807, 2.05) is 26.0 Å². The number of rotatable bonds is 4. The van der Waals surface area contributed by atoms with Gasteiger partial charge in [0.1, 0.15) is 0 Å². The highest BCUT2D eigenvalue weighted by Crippen LogP contribution is 2.26. The number of aliphatic hydroxyl groups is 1. The van der Waals surface area contributed by atoms with Gasteiger partial charge in [-0.3, -0.25) is 4.79 Å². The van der Waals surface area contributed by atoms with Crippen LogP contribution in [0.25, 0.3) is 0 Å². The minimum Gasteiger partial charge on any atom is -0.399 e. The van der Waals surface area contributed by atoms with E-state index in [1.165, 1.54) is 0 Å². The third-order valence-corrected chi connectivity index (χ3v) is 3.14. The van der Waals surface area contributed by atoms with Gasteiger partial charge in [-0.05, 0) is 45.4 Å². The maximum absolute atomic E-state index is 12.5. The van der Waals surface area contributed by atoms with Gasteiger partial charge in [0.05, 0.1) is 11.0 Å². The first-order chi connectivity index (χ1) is 8.54. The molecule has 0 unspecified atom stereocenters. The number of carbonyl (C=O) groups excluding carboxylic acids is 1. The molecule has 19 heavy (non-hydrogen) atoms. The molecular weight excluding hydrogens is 240 g/mol. The second-order valence-electron chi connectivity index (χ2n) is 6.22. The maximum Gasteiger partial charge on any atom is 0.232 e. The van der Waals surface area contributed by atoms with Gasteiger partial charge in [-0.1, -0.05) is 12.1 Å². The summed E-state index contributed by atoms with van der Waals surface area (Å²) in [5, 5.41) is 9.80. The van der Waals surface area contributed by atoms with Crippen LogP contribution in [0.15, 0.2) is 24.3 Å². The Labute approximate surface area is 115 Å². The zero-order valence-electron chi connectivity index (χ0n) is 12.4. The summed E-state index contributed by atoms with van der Waals surface area (Å²) in [4.78, 5) is 14.1. The van der Waals surface area contributed by atoms with E-state index >= 15 is 0 Å². The van der Waals surface area contributed by atoms with Crippen LogP contribution < -0.4 is 5.73 Å². The molecule has 1 aromatic carbocycles. The van der Waals surface area contributed by atoms with Crippen LogP contribution in [0.2, 0.25) is 0 Å². The summed E-state index contributed by atoms with van der Waals surface area (Å²) in [7, 11) is 1.71. The van der Waals surface area contributed by atoms with Gasteiger partial charge in [0, 0.05) is 19.3 Å². The van der Waals surface area contributed by atoms with Gasteiger partial charge < -0.3 is 15.7 Å². The Morgan fingerprint density at radius 1 is 1.21 bits per heavy atom. The molecule has 0 atom stereocenters. The van der Waals surface area contributed by atoms with Crippen LogP contribution in [0.5, 0.6) is 0 Å². The van der Waals surface area contributed by atoms with Crippen molar-refractivity contribution in [3.63, 3.8) is 0 Å². The van der Waals surface area contributed by atoms with Crippen molar-refractivity contribution in [3.8, 4) is 0 Å². The number of hydrogen-bond acceptors (Lipinski definition) is 3. The predicted octanol–water partition coefficient (Wildman–Crippen LogP) is 1.78. The Hall–Kier alpha value is -1.55. The van der Waals surface area contributed by atoms with Crippen molar-refractivity contribution < 1.29 is 9.90 Å². The Morgan fingerprint density at radius 3 is 2.11 bits per heavy atom. The van der Waals surface area contributed by atoms with Crippen LogP contribution in [0.1, 0.15) is 33.3 Å². The highest BCUT2D eigenvalue weighted by molar-refractivity contribution is 5.87. The van der Waals surface area contributed by atoms with Crippen molar-refractivity contribution in [1.82, 2.24) is 4.90 Å². The minimum absolute atomic E-state index is 0.0283. The Balaban J connectivity index is 2.93. The number of anilines is 1. The lowest BCUT2D eigenvalue weighted by atomic mass is 9.83. The number of benzene rings is 1. The van der Waals surface area contributed by atoms with Gasteiger partial charge in [0.2, 0.25) is 5.91 Å². The summed E-state index contributed by atoms with van der Waals surface area (Å²) in [6, 6.07) is 7.32. The molecule has 1 aromatic rings. The zero-order chi connectivity index (χ0) is 14.8. The molecule has 0 fully saturated rings. The normalized spacial score (nSPS) is 12.3. The van der Waals surface area contributed by atoms with Gasteiger partial charge >= 0.3 is 0 Å². The molecule has 4 heteroatoms. The highest BCUT2D eigenvalue weighted by atomic mass is 16.3. The smallest absolute Gasteiger partial charge is 0.232 e. The first kappa shape index (κ1) is 15.5. The molecule has 0 aromatic heterocycles. The number of carbonyl (C=O) groups is 1. The topological polar surface area (TPSA) is 66.6 Å². The van der Waals surface area contributed by atoms with Gasteiger partial charge in [0.25, 0.3) is 0 Å². The van der Waals surface area contributed by atoms with Crippen LogP contribution in [-0.4, -0.2) is 35.1 Å². The standard InChI is InChI=1S/C15H24N2O2/c1-14(2,19)10-17(5)13(18)15(3,4)11-6-8-12(16)9-7-11/h6-9,19H,10,16H2,1-5H3. The van der Waals surface area contributed by atoms with Gasteiger partial charge in [-0.2, -0.15) is 0 Å². The lowest BCUT2D eigenvalue weighted by Crippen LogP contribution is -2.46. The molecule has 0 aliphatic carbocycles. The monoisotopic (exact) mass is 264 g/mol. The summed E-state index contributed by atoms with van der Waals surface area (Å²) in [6.07, 6.45) is 0. The van der Waals surface area contributed by atoms with Crippen LogP contribution in [0.4, 0.5) is 5.69 Å². The van der Waals surface area contributed by atoms with Crippen LogP contribution in [0.3, 0.4) is 0 Å². The average Bonchev–Trinajstić information content (AvgIpc) is 2.26. The summed E-state index contributed by atoms with van der Waals surface area (Å²) >= 11 is 0.